The number of benzene rings is 9. The molecular weight excluding hydrogens is 641 g/mol. The summed E-state index contributed by atoms with van der Waals surface area (Å²) in [7, 11) is 0. The van der Waals surface area contributed by atoms with E-state index in [0.717, 1.165) is 0 Å². The molecule has 0 radical (unpaired) electrons. The summed E-state index contributed by atoms with van der Waals surface area (Å²) in [4.78, 5) is 0. The normalized spacial score (nSPS) is 12.0. The predicted octanol–water partition coefficient (Wildman–Crippen LogP) is 14.9. The first-order chi connectivity index (χ1) is 24.8. The molecule has 11 rings (SSSR count). The van der Waals surface area contributed by atoms with Crippen molar-refractivity contribution in [3.05, 3.63) is 170 Å². The van der Waals surface area contributed by atoms with Crippen LogP contribution in [0.3, 0.4) is 0 Å². The zero-order chi connectivity index (χ0) is 32.8. The summed E-state index contributed by atoms with van der Waals surface area (Å²) in [5, 5.41) is 13.1. The lowest BCUT2D eigenvalue weighted by Gasteiger charge is -2.20. The summed E-state index contributed by atoms with van der Waals surface area (Å²) in [6, 6.07) is 62.9. The van der Waals surface area contributed by atoms with Crippen LogP contribution < -0.4 is 0 Å². The van der Waals surface area contributed by atoms with Crippen LogP contribution in [0.4, 0.5) is 0 Å². The first-order valence-corrected chi connectivity index (χ1v) is 18.7. The second kappa shape index (κ2) is 10.9. The number of rotatable bonds is 3. The van der Waals surface area contributed by atoms with Gasteiger partial charge >= 0.3 is 0 Å². The van der Waals surface area contributed by atoms with Gasteiger partial charge in [0.2, 0.25) is 0 Å². The molecule has 0 aliphatic heterocycles. The standard InChI is InChI=1S/C48H28S2/c1-2-14-29(15-3-1)30-26-27-38(32-17-5-4-16-31(30)32)44-34-19-6-8-21-36(34)45(37-22-9-7-20-35(37)44)47-46-39-23-11-13-25-42(39)49-43(46)28-40-33-18-10-12-24-41(33)50-48(40)47/h1-28H. The van der Waals surface area contributed by atoms with Crippen molar-refractivity contribution < 1.29 is 0 Å². The average Bonchev–Trinajstić information content (AvgIpc) is 3.74. The molecule has 9 aromatic carbocycles. The molecule has 11 aromatic rings. The lowest BCUT2D eigenvalue weighted by Crippen LogP contribution is -1.93. The van der Waals surface area contributed by atoms with Gasteiger partial charge in [-0.3, -0.25) is 0 Å². The molecule has 50 heavy (non-hydrogen) atoms. The zero-order valence-electron chi connectivity index (χ0n) is 27.0. The number of hydrogen-bond acceptors (Lipinski definition) is 2. The van der Waals surface area contributed by atoms with Crippen molar-refractivity contribution in [2.75, 3.05) is 0 Å². The molecule has 232 valence electrons. The van der Waals surface area contributed by atoms with E-state index in [4.69, 9.17) is 0 Å². The molecule has 2 heteroatoms. The third-order valence-corrected chi connectivity index (χ3v) is 12.8. The minimum atomic E-state index is 1.24. The molecule has 0 unspecified atom stereocenters. The van der Waals surface area contributed by atoms with Crippen molar-refractivity contribution in [1.82, 2.24) is 0 Å². The van der Waals surface area contributed by atoms with E-state index in [-0.39, 0.29) is 0 Å². The van der Waals surface area contributed by atoms with Crippen molar-refractivity contribution in [2.45, 2.75) is 0 Å². The summed E-state index contributed by atoms with van der Waals surface area (Å²) < 4.78 is 5.38. The second-order valence-electron chi connectivity index (χ2n) is 13.1. The van der Waals surface area contributed by atoms with Gasteiger partial charge in [0, 0.05) is 45.9 Å². The van der Waals surface area contributed by atoms with Gasteiger partial charge in [-0.2, -0.15) is 0 Å². The number of fused-ring (bicyclic) bond motifs is 9. The molecule has 0 N–H and O–H groups in total. The SMILES string of the molecule is c1ccc(-c2ccc(-c3c4ccccc4c(-c4c5sc6ccccc6c5cc5sc6ccccc6c45)c4ccccc34)c3ccccc23)cc1. The van der Waals surface area contributed by atoms with E-state index in [1.54, 1.807) is 0 Å². The van der Waals surface area contributed by atoms with Gasteiger partial charge in [0.25, 0.3) is 0 Å². The van der Waals surface area contributed by atoms with Gasteiger partial charge in [0.1, 0.15) is 0 Å². The van der Waals surface area contributed by atoms with Crippen LogP contribution in [0.2, 0.25) is 0 Å². The lowest BCUT2D eigenvalue weighted by molar-refractivity contribution is 1.64. The van der Waals surface area contributed by atoms with Crippen LogP contribution in [-0.2, 0) is 0 Å². The van der Waals surface area contributed by atoms with Gasteiger partial charge in [-0.1, -0.05) is 152 Å². The van der Waals surface area contributed by atoms with E-state index in [1.165, 1.54) is 106 Å². The topological polar surface area (TPSA) is 0 Å². The Bertz CT molecular complexity index is 3080. The number of thiophene rings is 2. The highest BCUT2D eigenvalue weighted by molar-refractivity contribution is 7.28. The third-order valence-electron chi connectivity index (χ3n) is 10.5. The van der Waals surface area contributed by atoms with Gasteiger partial charge in [-0.15, -0.1) is 22.7 Å². The maximum atomic E-state index is 2.46. The molecule has 2 aromatic heterocycles. The average molecular weight is 669 g/mol. The van der Waals surface area contributed by atoms with E-state index in [1.807, 2.05) is 22.7 Å². The van der Waals surface area contributed by atoms with Crippen LogP contribution in [0.15, 0.2) is 170 Å². The van der Waals surface area contributed by atoms with Gasteiger partial charge < -0.3 is 0 Å². The molecule has 0 amide bonds. The molecule has 0 fully saturated rings. The molecule has 2 heterocycles. The Balaban J connectivity index is 1.33. The smallest absolute Gasteiger partial charge is 0.0441 e. The molecule has 0 bridgehead atoms. The summed E-state index contributed by atoms with van der Waals surface area (Å²) in [6.07, 6.45) is 0. The Hall–Kier alpha value is -5.80. The molecule has 0 saturated carbocycles. The Morgan fingerprint density at radius 1 is 0.280 bits per heavy atom. The molecule has 0 aliphatic carbocycles. The van der Waals surface area contributed by atoms with Crippen molar-refractivity contribution >= 4 is 95.3 Å². The molecule has 0 spiro atoms. The fourth-order valence-corrected chi connectivity index (χ4v) is 10.8. The fourth-order valence-electron chi connectivity index (χ4n) is 8.38. The molecule has 0 atom stereocenters. The Morgan fingerprint density at radius 2 is 0.760 bits per heavy atom. The maximum Gasteiger partial charge on any atom is 0.0441 e. The second-order valence-corrected chi connectivity index (χ2v) is 15.2. The first-order valence-electron chi connectivity index (χ1n) is 17.1. The summed E-state index contributed by atoms with van der Waals surface area (Å²) >= 11 is 3.85. The minimum Gasteiger partial charge on any atom is -0.135 e. The molecule has 0 nitrogen and oxygen atoms in total. The highest BCUT2D eigenvalue weighted by Gasteiger charge is 2.24. The fraction of sp³-hybridized carbons (Fsp3) is 0. The number of hydrogen-bond donors (Lipinski definition) is 0. The zero-order valence-corrected chi connectivity index (χ0v) is 28.6. The van der Waals surface area contributed by atoms with Gasteiger partial charge in [-0.25, -0.2) is 0 Å². The van der Waals surface area contributed by atoms with Crippen molar-refractivity contribution in [2.24, 2.45) is 0 Å². The van der Waals surface area contributed by atoms with Crippen LogP contribution in [-0.4, -0.2) is 0 Å². The third kappa shape index (κ3) is 3.98. The Labute approximate surface area is 297 Å². The maximum absolute atomic E-state index is 2.46. The van der Waals surface area contributed by atoms with E-state index in [0.29, 0.717) is 0 Å². The van der Waals surface area contributed by atoms with E-state index in [9.17, 15) is 0 Å². The monoisotopic (exact) mass is 668 g/mol. The summed E-state index contributed by atoms with van der Waals surface area (Å²) in [5.74, 6) is 0. The van der Waals surface area contributed by atoms with E-state index < -0.39 is 0 Å². The van der Waals surface area contributed by atoms with Crippen molar-refractivity contribution in [3.63, 3.8) is 0 Å². The lowest BCUT2D eigenvalue weighted by atomic mass is 9.83. The van der Waals surface area contributed by atoms with Gasteiger partial charge in [0.05, 0.1) is 0 Å². The van der Waals surface area contributed by atoms with E-state index >= 15 is 0 Å². The van der Waals surface area contributed by atoms with Gasteiger partial charge in [0.15, 0.2) is 0 Å². The Kier molecular flexibility index (Phi) is 6.09. The van der Waals surface area contributed by atoms with Gasteiger partial charge in [-0.05, 0) is 78.3 Å². The van der Waals surface area contributed by atoms with Crippen molar-refractivity contribution in [3.8, 4) is 33.4 Å². The summed E-state index contributed by atoms with van der Waals surface area (Å²) in [6.45, 7) is 0. The predicted molar refractivity (Wildman–Crippen MR) is 221 cm³/mol. The van der Waals surface area contributed by atoms with Crippen molar-refractivity contribution in [1.29, 1.82) is 0 Å². The first kappa shape index (κ1) is 28.1. The highest BCUT2D eigenvalue weighted by Crippen LogP contribution is 2.53. The van der Waals surface area contributed by atoms with Crippen LogP contribution >= 0.6 is 22.7 Å². The molecular formula is C48H28S2. The molecule has 0 aliphatic rings. The minimum absolute atomic E-state index is 1.24. The quantitative estimate of drug-likeness (QED) is 0.164. The van der Waals surface area contributed by atoms with E-state index in [2.05, 4.69) is 170 Å². The largest absolute Gasteiger partial charge is 0.135 e. The van der Waals surface area contributed by atoms with Crippen LogP contribution in [0.5, 0.6) is 0 Å². The van der Waals surface area contributed by atoms with Crippen LogP contribution in [0, 0.1) is 0 Å². The summed E-state index contributed by atoms with van der Waals surface area (Å²) in [5.41, 5.74) is 7.76. The van der Waals surface area contributed by atoms with Crippen LogP contribution in [0.25, 0.3) is 106 Å². The van der Waals surface area contributed by atoms with Crippen LogP contribution in [0.1, 0.15) is 0 Å². The highest BCUT2D eigenvalue weighted by atomic mass is 32.1. The Morgan fingerprint density at radius 3 is 1.42 bits per heavy atom. The molecule has 0 saturated heterocycles.